The number of aromatic nitrogens is 2. The first kappa shape index (κ1) is 16.5. The second-order valence-electron chi connectivity index (χ2n) is 5.54. The van der Waals surface area contributed by atoms with Crippen LogP contribution < -0.4 is 4.90 Å². The van der Waals surface area contributed by atoms with E-state index in [1.165, 1.54) is 6.92 Å². The molecule has 0 bridgehead atoms. The second-order valence-corrected chi connectivity index (χ2v) is 5.54. The highest BCUT2D eigenvalue weighted by atomic mass is 19.4. The van der Waals surface area contributed by atoms with Gasteiger partial charge in [0.05, 0.1) is 0 Å². The van der Waals surface area contributed by atoms with Crippen molar-refractivity contribution < 1.29 is 23.1 Å². The maximum Gasteiger partial charge on any atom is 0.433 e. The molecule has 1 atom stereocenters. The van der Waals surface area contributed by atoms with Crippen molar-refractivity contribution in [2.24, 2.45) is 5.92 Å². The SMILES string of the molecule is Cc1nc(N2CCCC(CCC(=O)O)C2)cc(C(F)(F)F)n1. The maximum absolute atomic E-state index is 12.8. The molecule has 1 fully saturated rings. The van der Waals surface area contributed by atoms with E-state index in [1.807, 2.05) is 0 Å². The van der Waals surface area contributed by atoms with Gasteiger partial charge in [-0.15, -0.1) is 0 Å². The Morgan fingerprint density at radius 2 is 2.18 bits per heavy atom. The number of carboxylic acid groups (broad SMARTS) is 1. The van der Waals surface area contributed by atoms with Crippen molar-refractivity contribution in [3.63, 3.8) is 0 Å². The molecule has 1 aliphatic heterocycles. The smallest absolute Gasteiger partial charge is 0.433 e. The van der Waals surface area contributed by atoms with Gasteiger partial charge < -0.3 is 10.0 Å². The molecule has 0 amide bonds. The largest absolute Gasteiger partial charge is 0.481 e. The van der Waals surface area contributed by atoms with Crippen molar-refractivity contribution in [2.45, 2.75) is 38.8 Å². The summed E-state index contributed by atoms with van der Waals surface area (Å²) in [4.78, 5) is 20.0. The number of halogens is 3. The quantitative estimate of drug-likeness (QED) is 0.925. The van der Waals surface area contributed by atoms with Gasteiger partial charge in [-0.3, -0.25) is 4.79 Å². The highest BCUT2D eigenvalue weighted by Gasteiger charge is 2.34. The predicted octanol–water partition coefficient (Wildman–Crippen LogP) is 2.89. The lowest BCUT2D eigenvalue weighted by molar-refractivity contribution is -0.141. The summed E-state index contributed by atoms with van der Waals surface area (Å²) in [5.74, 6) is -0.346. The standard InChI is InChI=1S/C14H18F3N3O2/c1-9-18-11(14(15,16)17)7-12(19-9)20-6-2-3-10(8-20)4-5-13(21)22/h7,10H,2-6,8H2,1H3,(H,21,22). The first-order valence-electron chi connectivity index (χ1n) is 7.15. The molecule has 1 aromatic rings. The highest BCUT2D eigenvalue weighted by molar-refractivity contribution is 5.66. The number of aliphatic carboxylic acids is 1. The predicted molar refractivity (Wildman–Crippen MR) is 73.6 cm³/mol. The average Bonchev–Trinajstić information content (AvgIpc) is 2.44. The summed E-state index contributed by atoms with van der Waals surface area (Å²) in [6.45, 7) is 2.59. The van der Waals surface area contributed by atoms with Gasteiger partial charge in [-0.05, 0) is 32.1 Å². The van der Waals surface area contributed by atoms with Crippen molar-refractivity contribution in [3.05, 3.63) is 17.6 Å². The molecule has 122 valence electrons. The number of carbonyl (C=O) groups is 1. The van der Waals surface area contributed by atoms with Crippen LogP contribution in [0, 0.1) is 12.8 Å². The number of hydrogen-bond acceptors (Lipinski definition) is 4. The van der Waals surface area contributed by atoms with Crippen LogP contribution in [0.5, 0.6) is 0 Å². The molecule has 1 N–H and O–H groups in total. The van der Waals surface area contributed by atoms with E-state index in [1.54, 1.807) is 4.90 Å². The zero-order chi connectivity index (χ0) is 16.3. The van der Waals surface area contributed by atoms with Gasteiger partial charge in [0, 0.05) is 25.6 Å². The summed E-state index contributed by atoms with van der Waals surface area (Å²) in [6.07, 6.45) is -2.19. The molecule has 22 heavy (non-hydrogen) atoms. The van der Waals surface area contributed by atoms with Gasteiger partial charge in [-0.2, -0.15) is 13.2 Å². The summed E-state index contributed by atoms with van der Waals surface area (Å²) < 4.78 is 38.5. The normalized spacial score (nSPS) is 19.3. The van der Waals surface area contributed by atoms with E-state index in [0.29, 0.717) is 19.5 Å². The molecule has 1 aromatic heterocycles. The van der Waals surface area contributed by atoms with E-state index in [-0.39, 0.29) is 24.0 Å². The number of carboxylic acids is 1. The van der Waals surface area contributed by atoms with Crippen LogP contribution in [-0.4, -0.2) is 34.1 Å². The Kier molecular flexibility index (Phi) is 4.87. The second kappa shape index (κ2) is 6.50. The number of rotatable bonds is 4. The Morgan fingerprint density at radius 3 is 2.82 bits per heavy atom. The number of piperidine rings is 1. The fraction of sp³-hybridized carbons (Fsp3) is 0.643. The Balaban J connectivity index is 2.13. The van der Waals surface area contributed by atoms with Crippen LogP contribution in [0.3, 0.4) is 0 Å². The molecule has 0 aromatic carbocycles. The fourth-order valence-corrected chi connectivity index (χ4v) is 2.70. The van der Waals surface area contributed by atoms with Crippen molar-refractivity contribution in [1.82, 2.24) is 9.97 Å². The molecule has 2 heterocycles. The summed E-state index contributed by atoms with van der Waals surface area (Å²) in [7, 11) is 0. The van der Waals surface area contributed by atoms with E-state index in [0.717, 1.165) is 18.9 Å². The van der Waals surface area contributed by atoms with Crippen LogP contribution >= 0.6 is 0 Å². The van der Waals surface area contributed by atoms with Gasteiger partial charge in [-0.1, -0.05) is 0 Å². The monoisotopic (exact) mass is 317 g/mol. The minimum absolute atomic E-state index is 0.0785. The third-order valence-corrected chi connectivity index (χ3v) is 3.72. The van der Waals surface area contributed by atoms with Crippen LogP contribution in [0.1, 0.15) is 37.2 Å². The molecule has 0 spiro atoms. The van der Waals surface area contributed by atoms with Crippen molar-refractivity contribution in [1.29, 1.82) is 0 Å². The Morgan fingerprint density at radius 1 is 1.45 bits per heavy atom. The lowest BCUT2D eigenvalue weighted by Gasteiger charge is -2.33. The van der Waals surface area contributed by atoms with E-state index in [4.69, 9.17) is 5.11 Å². The summed E-state index contributed by atoms with van der Waals surface area (Å²) in [5.41, 5.74) is -0.942. The van der Waals surface area contributed by atoms with Crippen LogP contribution in [0.4, 0.5) is 19.0 Å². The zero-order valence-corrected chi connectivity index (χ0v) is 12.2. The van der Waals surface area contributed by atoms with Crippen LogP contribution in [-0.2, 0) is 11.0 Å². The van der Waals surface area contributed by atoms with Gasteiger partial charge in [-0.25, -0.2) is 9.97 Å². The van der Waals surface area contributed by atoms with E-state index < -0.39 is 17.8 Å². The molecule has 8 heteroatoms. The number of alkyl halides is 3. The van der Waals surface area contributed by atoms with Gasteiger partial charge >= 0.3 is 12.1 Å². The Bertz CT molecular complexity index is 549. The summed E-state index contributed by atoms with van der Waals surface area (Å²) >= 11 is 0. The van der Waals surface area contributed by atoms with Crippen molar-refractivity contribution in [3.8, 4) is 0 Å². The van der Waals surface area contributed by atoms with Crippen LogP contribution in [0.25, 0.3) is 0 Å². The minimum atomic E-state index is -4.50. The number of aryl methyl sites for hydroxylation is 1. The molecule has 1 unspecified atom stereocenters. The van der Waals surface area contributed by atoms with Crippen molar-refractivity contribution in [2.75, 3.05) is 18.0 Å². The topological polar surface area (TPSA) is 66.3 Å². The summed E-state index contributed by atoms with van der Waals surface area (Å²) in [5, 5.41) is 8.73. The Hall–Kier alpha value is -1.86. The molecule has 0 radical (unpaired) electrons. The first-order valence-corrected chi connectivity index (χ1v) is 7.15. The highest BCUT2D eigenvalue weighted by Crippen LogP contribution is 2.31. The van der Waals surface area contributed by atoms with E-state index in [2.05, 4.69) is 9.97 Å². The molecule has 5 nitrogen and oxygen atoms in total. The fourth-order valence-electron chi connectivity index (χ4n) is 2.70. The molecular formula is C14H18F3N3O2. The van der Waals surface area contributed by atoms with Crippen LogP contribution in [0.2, 0.25) is 0 Å². The van der Waals surface area contributed by atoms with E-state index >= 15 is 0 Å². The third-order valence-electron chi connectivity index (χ3n) is 3.72. The van der Waals surface area contributed by atoms with Crippen LogP contribution in [0.15, 0.2) is 6.07 Å². The van der Waals surface area contributed by atoms with Gasteiger partial charge in [0.1, 0.15) is 17.3 Å². The van der Waals surface area contributed by atoms with Gasteiger partial charge in [0.25, 0.3) is 0 Å². The maximum atomic E-state index is 12.8. The molecule has 0 aliphatic carbocycles. The first-order chi connectivity index (χ1) is 10.3. The van der Waals surface area contributed by atoms with E-state index in [9.17, 15) is 18.0 Å². The Labute approximate surface area is 126 Å². The molecule has 2 rings (SSSR count). The lowest BCUT2D eigenvalue weighted by Crippen LogP contribution is -2.36. The molecule has 0 saturated carbocycles. The molecule has 1 saturated heterocycles. The zero-order valence-electron chi connectivity index (χ0n) is 12.2. The number of anilines is 1. The van der Waals surface area contributed by atoms with Gasteiger partial charge in [0.2, 0.25) is 0 Å². The minimum Gasteiger partial charge on any atom is -0.481 e. The molecular weight excluding hydrogens is 299 g/mol. The van der Waals surface area contributed by atoms with Crippen molar-refractivity contribution >= 4 is 11.8 Å². The molecule has 1 aliphatic rings. The van der Waals surface area contributed by atoms with Gasteiger partial charge in [0.15, 0.2) is 0 Å². The summed E-state index contributed by atoms with van der Waals surface area (Å²) in [6, 6.07) is 0.965. The average molecular weight is 317 g/mol. The third kappa shape index (κ3) is 4.32. The number of nitrogens with zero attached hydrogens (tertiary/aromatic N) is 3. The lowest BCUT2D eigenvalue weighted by atomic mass is 9.93. The number of hydrogen-bond donors (Lipinski definition) is 1.